The van der Waals surface area contributed by atoms with Gasteiger partial charge in [0.2, 0.25) is 5.91 Å². The molecule has 7 heteroatoms. The Balaban J connectivity index is 1.53. The van der Waals surface area contributed by atoms with Crippen LogP contribution in [0.15, 0.2) is 36.7 Å². The van der Waals surface area contributed by atoms with Gasteiger partial charge in [-0.05, 0) is 31.0 Å². The van der Waals surface area contributed by atoms with E-state index in [1.54, 1.807) is 24.5 Å². The molecular weight excluding hydrogens is 297 g/mol. The molecule has 2 aromatic rings. The third-order valence-electron chi connectivity index (χ3n) is 3.77. The third-order valence-corrected chi connectivity index (χ3v) is 3.77. The number of halogens is 1. The monoisotopic (exact) mass is 315 g/mol. The average molecular weight is 315 g/mol. The van der Waals surface area contributed by atoms with Gasteiger partial charge in [0.25, 0.3) is 0 Å². The number of benzene rings is 1. The third kappa shape index (κ3) is 3.88. The van der Waals surface area contributed by atoms with Crippen molar-refractivity contribution in [2.45, 2.75) is 32.0 Å². The minimum Gasteiger partial charge on any atom is -0.349 e. The summed E-state index contributed by atoms with van der Waals surface area (Å²) in [4.78, 5) is 20.5. The van der Waals surface area contributed by atoms with E-state index in [4.69, 9.17) is 0 Å². The number of hydrazine groups is 1. The fourth-order valence-corrected chi connectivity index (χ4v) is 2.45. The number of carbonyl (C=O) groups is 1. The Kier molecular flexibility index (Phi) is 4.59. The summed E-state index contributed by atoms with van der Waals surface area (Å²) in [6.07, 6.45) is 3.91. The van der Waals surface area contributed by atoms with E-state index in [1.165, 1.54) is 12.1 Å². The molecule has 6 nitrogen and oxygen atoms in total. The molecule has 2 unspecified atom stereocenters. The predicted molar refractivity (Wildman–Crippen MR) is 82.4 cm³/mol. The Bertz CT molecular complexity index is 674. The Labute approximate surface area is 133 Å². The van der Waals surface area contributed by atoms with Crippen LogP contribution in [0.1, 0.15) is 29.4 Å². The van der Waals surface area contributed by atoms with Gasteiger partial charge in [-0.3, -0.25) is 14.8 Å². The lowest BCUT2D eigenvalue weighted by atomic mass is 10.0. The molecule has 1 aliphatic heterocycles. The van der Waals surface area contributed by atoms with Crippen LogP contribution in [0.4, 0.5) is 4.39 Å². The fraction of sp³-hybridized carbons (Fsp3) is 0.312. The highest BCUT2D eigenvalue weighted by Crippen LogP contribution is 2.22. The lowest BCUT2D eigenvalue weighted by Gasteiger charge is -2.10. The molecular formula is C16H18FN5O. The number of amides is 1. The van der Waals surface area contributed by atoms with Crippen molar-refractivity contribution in [2.24, 2.45) is 0 Å². The van der Waals surface area contributed by atoms with Crippen LogP contribution in [0.5, 0.6) is 0 Å². The molecule has 1 amide bonds. The number of aryl methyl sites for hydroxylation is 1. The van der Waals surface area contributed by atoms with Crippen LogP contribution in [-0.2, 0) is 11.3 Å². The van der Waals surface area contributed by atoms with Gasteiger partial charge < -0.3 is 5.32 Å². The second-order valence-electron chi connectivity index (χ2n) is 5.55. The average Bonchev–Trinajstić information content (AvgIpc) is 3.05. The molecule has 0 bridgehead atoms. The van der Waals surface area contributed by atoms with Gasteiger partial charge in [0.05, 0.1) is 24.1 Å². The number of hydrogen-bond acceptors (Lipinski definition) is 5. The largest absolute Gasteiger partial charge is 0.349 e. The zero-order chi connectivity index (χ0) is 16.2. The van der Waals surface area contributed by atoms with E-state index in [9.17, 15) is 9.18 Å². The van der Waals surface area contributed by atoms with Crippen LogP contribution in [0, 0.1) is 12.7 Å². The highest BCUT2D eigenvalue weighted by Gasteiger charge is 2.29. The second-order valence-corrected chi connectivity index (χ2v) is 5.55. The van der Waals surface area contributed by atoms with E-state index in [1.807, 2.05) is 6.92 Å². The molecule has 1 aromatic carbocycles. The number of nitrogens with one attached hydrogen (secondary N) is 3. The summed E-state index contributed by atoms with van der Waals surface area (Å²) in [6.45, 7) is 2.20. The zero-order valence-corrected chi connectivity index (χ0v) is 12.7. The van der Waals surface area contributed by atoms with Crippen LogP contribution >= 0.6 is 0 Å². The first kappa shape index (κ1) is 15.5. The summed E-state index contributed by atoms with van der Waals surface area (Å²) >= 11 is 0. The molecule has 1 aromatic heterocycles. The van der Waals surface area contributed by atoms with Crippen molar-refractivity contribution in [1.29, 1.82) is 0 Å². The van der Waals surface area contributed by atoms with Crippen molar-refractivity contribution in [2.75, 3.05) is 0 Å². The van der Waals surface area contributed by atoms with Crippen molar-refractivity contribution >= 4 is 5.91 Å². The van der Waals surface area contributed by atoms with E-state index < -0.39 is 0 Å². The lowest BCUT2D eigenvalue weighted by Crippen LogP contribution is -2.43. The SMILES string of the molecule is Cc1cnc(CNC(=O)C2CC(c3ccc(F)cc3)NN2)cn1. The number of aromatic nitrogens is 2. The first-order valence-electron chi connectivity index (χ1n) is 7.43. The lowest BCUT2D eigenvalue weighted by molar-refractivity contribution is -0.123. The predicted octanol–water partition coefficient (Wildman–Crippen LogP) is 1.15. The molecule has 3 rings (SSSR count). The molecule has 0 radical (unpaired) electrons. The first-order chi connectivity index (χ1) is 11.1. The zero-order valence-electron chi connectivity index (χ0n) is 12.7. The molecule has 2 atom stereocenters. The maximum Gasteiger partial charge on any atom is 0.238 e. The van der Waals surface area contributed by atoms with Crippen LogP contribution in [0.25, 0.3) is 0 Å². The second kappa shape index (κ2) is 6.80. The summed E-state index contributed by atoms with van der Waals surface area (Å²) in [5, 5.41) is 2.84. The van der Waals surface area contributed by atoms with Gasteiger partial charge in [0.15, 0.2) is 0 Å². The summed E-state index contributed by atoms with van der Waals surface area (Å²) in [6, 6.07) is 5.91. The van der Waals surface area contributed by atoms with E-state index in [0.717, 1.165) is 11.3 Å². The summed E-state index contributed by atoms with van der Waals surface area (Å²) in [5.41, 5.74) is 8.53. The van der Waals surface area contributed by atoms with Gasteiger partial charge >= 0.3 is 0 Å². The molecule has 2 heterocycles. The highest BCUT2D eigenvalue weighted by molar-refractivity contribution is 5.82. The van der Waals surface area contributed by atoms with Crippen molar-refractivity contribution < 1.29 is 9.18 Å². The van der Waals surface area contributed by atoms with E-state index >= 15 is 0 Å². The number of hydrogen-bond donors (Lipinski definition) is 3. The van der Waals surface area contributed by atoms with Crippen LogP contribution in [0.2, 0.25) is 0 Å². The molecule has 0 aliphatic carbocycles. The number of carbonyl (C=O) groups excluding carboxylic acids is 1. The number of nitrogens with zero attached hydrogens (tertiary/aromatic N) is 2. The van der Waals surface area contributed by atoms with Crippen molar-refractivity contribution in [3.8, 4) is 0 Å². The molecule has 3 N–H and O–H groups in total. The molecule has 0 spiro atoms. The highest BCUT2D eigenvalue weighted by atomic mass is 19.1. The standard InChI is InChI=1S/C16H18FN5O/c1-10-7-19-13(8-18-10)9-20-16(23)15-6-14(21-22-15)11-2-4-12(17)5-3-11/h2-5,7-8,14-15,21-22H,6,9H2,1H3,(H,20,23). The Hall–Kier alpha value is -2.38. The Morgan fingerprint density at radius 2 is 2.04 bits per heavy atom. The molecule has 1 fully saturated rings. The maximum absolute atomic E-state index is 13.0. The molecule has 120 valence electrons. The minimum atomic E-state index is -0.344. The molecule has 0 saturated carbocycles. The van der Waals surface area contributed by atoms with Crippen LogP contribution in [-0.4, -0.2) is 21.9 Å². The summed E-state index contributed by atoms with van der Waals surface area (Å²) < 4.78 is 13.0. The van der Waals surface area contributed by atoms with Gasteiger partial charge in [-0.1, -0.05) is 12.1 Å². The summed E-state index contributed by atoms with van der Waals surface area (Å²) in [7, 11) is 0. The molecule has 1 aliphatic rings. The molecule has 1 saturated heterocycles. The first-order valence-corrected chi connectivity index (χ1v) is 7.43. The Morgan fingerprint density at radius 3 is 2.74 bits per heavy atom. The fourth-order valence-electron chi connectivity index (χ4n) is 2.45. The normalized spacial score (nSPS) is 20.4. The van der Waals surface area contributed by atoms with E-state index in [-0.39, 0.29) is 23.8 Å². The minimum absolute atomic E-state index is 0.0227. The number of rotatable bonds is 4. The van der Waals surface area contributed by atoms with Gasteiger partial charge in [-0.15, -0.1) is 0 Å². The van der Waals surface area contributed by atoms with Gasteiger partial charge in [0.1, 0.15) is 11.9 Å². The smallest absolute Gasteiger partial charge is 0.238 e. The van der Waals surface area contributed by atoms with Gasteiger partial charge in [-0.25, -0.2) is 15.2 Å². The molecule has 23 heavy (non-hydrogen) atoms. The van der Waals surface area contributed by atoms with E-state index in [0.29, 0.717) is 18.7 Å². The quantitative estimate of drug-likeness (QED) is 0.789. The summed E-state index contributed by atoms with van der Waals surface area (Å²) in [5.74, 6) is -0.377. The van der Waals surface area contributed by atoms with Crippen molar-refractivity contribution in [3.63, 3.8) is 0 Å². The van der Waals surface area contributed by atoms with Crippen LogP contribution in [0.3, 0.4) is 0 Å². The van der Waals surface area contributed by atoms with Crippen molar-refractivity contribution in [3.05, 3.63) is 59.4 Å². The van der Waals surface area contributed by atoms with Crippen LogP contribution < -0.4 is 16.2 Å². The topological polar surface area (TPSA) is 78.9 Å². The van der Waals surface area contributed by atoms with E-state index in [2.05, 4.69) is 26.1 Å². The maximum atomic E-state index is 13.0. The Morgan fingerprint density at radius 1 is 1.26 bits per heavy atom. The van der Waals surface area contributed by atoms with Gasteiger partial charge in [-0.2, -0.15) is 0 Å². The van der Waals surface area contributed by atoms with Gasteiger partial charge in [0, 0.05) is 12.2 Å². The van der Waals surface area contributed by atoms with Crippen molar-refractivity contribution in [1.82, 2.24) is 26.1 Å².